The maximum atomic E-state index is 12.6. The van der Waals surface area contributed by atoms with Crippen LogP contribution in [-0.4, -0.2) is 24.2 Å². The Morgan fingerprint density at radius 3 is 2.47 bits per heavy atom. The third-order valence-corrected chi connectivity index (χ3v) is 5.28. The van der Waals surface area contributed by atoms with Gasteiger partial charge in [-0.05, 0) is 48.9 Å². The van der Waals surface area contributed by atoms with Crippen molar-refractivity contribution in [2.45, 2.75) is 18.7 Å². The van der Waals surface area contributed by atoms with Gasteiger partial charge >= 0.3 is 0 Å². The lowest BCUT2D eigenvalue weighted by Gasteiger charge is -2.15. The molecule has 10 nitrogen and oxygen atoms in total. The number of aromatic nitrogens is 1. The number of nitro benzene ring substituents is 1. The Hall–Kier alpha value is -3.83. The number of nitrogens with zero attached hydrogens (tertiary/aromatic N) is 2. The predicted octanol–water partition coefficient (Wildman–Crippen LogP) is 3.20. The lowest BCUT2D eigenvalue weighted by atomic mass is 10.1. The van der Waals surface area contributed by atoms with Crippen LogP contribution in [0.25, 0.3) is 0 Å². The van der Waals surface area contributed by atoms with Gasteiger partial charge in [0.2, 0.25) is 10.0 Å². The summed E-state index contributed by atoms with van der Waals surface area (Å²) in [6, 6.07) is 15.4. The smallest absolute Gasteiger partial charge is 0.293 e. The first-order valence-electron chi connectivity index (χ1n) is 9.49. The van der Waals surface area contributed by atoms with Crippen LogP contribution in [0.15, 0.2) is 66.9 Å². The number of nitrogens with one attached hydrogen (secondary N) is 2. The summed E-state index contributed by atoms with van der Waals surface area (Å²) in [4.78, 5) is 27.8. The summed E-state index contributed by atoms with van der Waals surface area (Å²) < 4.78 is 22.3. The Kier molecular flexibility index (Phi) is 6.81. The van der Waals surface area contributed by atoms with Crippen molar-refractivity contribution in [2.24, 2.45) is 5.14 Å². The third kappa shape index (κ3) is 6.09. The first-order chi connectivity index (χ1) is 15.1. The van der Waals surface area contributed by atoms with E-state index in [1.165, 1.54) is 42.5 Å². The third-order valence-electron chi connectivity index (χ3n) is 4.54. The van der Waals surface area contributed by atoms with Gasteiger partial charge in [-0.15, -0.1) is 0 Å². The number of sulfonamides is 1. The van der Waals surface area contributed by atoms with Crippen molar-refractivity contribution in [3.8, 4) is 0 Å². The molecule has 1 atom stereocenters. The molecule has 3 rings (SSSR count). The van der Waals surface area contributed by atoms with Crippen LogP contribution in [0.4, 0.5) is 17.1 Å². The van der Waals surface area contributed by atoms with Crippen LogP contribution in [0.2, 0.25) is 0 Å². The number of carbonyl (C=O) groups excluding carboxylic acids is 1. The van der Waals surface area contributed by atoms with Gasteiger partial charge < -0.3 is 10.6 Å². The van der Waals surface area contributed by atoms with E-state index in [0.717, 1.165) is 5.69 Å². The second-order valence-corrected chi connectivity index (χ2v) is 8.68. The van der Waals surface area contributed by atoms with Crippen molar-refractivity contribution in [3.05, 3.63) is 93.8 Å². The van der Waals surface area contributed by atoms with E-state index in [1.807, 2.05) is 13.0 Å². The van der Waals surface area contributed by atoms with Gasteiger partial charge in [0.25, 0.3) is 11.6 Å². The number of primary sulfonamides is 1. The lowest BCUT2D eigenvalue weighted by molar-refractivity contribution is -0.384. The molecule has 2 aromatic carbocycles. The molecule has 1 amide bonds. The van der Waals surface area contributed by atoms with E-state index in [9.17, 15) is 23.3 Å². The van der Waals surface area contributed by atoms with Crippen LogP contribution in [0.5, 0.6) is 0 Å². The number of hydrogen-bond acceptors (Lipinski definition) is 7. The Labute approximate surface area is 184 Å². The Balaban J connectivity index is 1.76. The largest absolute Gasteiger partial charge is 0.371 e. The molecular weight excluding hydrogens is 434 g/mol. The van der Waals surface area contributed by atoms with Gasteiger partial charge in [-0.3, -0.25) is 19.9 Å². The topological polar surface area (TPSA) is 157 Å². The molecule has 166 valence electrons. The molecule has 0 aliphatic rings. The minimum absolute atomic E-state index is 0.0985. The maximum absolute atomic E-state index is 12.6. The molecular formula is C21H21N5O5S. The number of amides is 1. The fourth-order valence-electron chi connectivity index (χ4n) is 3.01. The second-order valence-electron chi connectivity index (χ2n) is 7.07. The minimum atomic E-state index is -3.66. The molecule has 4 N–H and O–H groups in total. The fraction of sp³-hybridized carbons (Fsp3) is 0.143. The molecule has 3 aromatic rings. The van der Waals surface area contributed by atoms with E-state index in [0.29, 0.717) is 11.3 Å². The number of pyridine rings is 1. The second kappa shape index (κ2) is 9.54. The van der Waals surface area contributed by atoms with Crippen molar-refractivity contribution in [2.75, 3.05) is 10.6 Å². The van der Waals surface area contributed by atoms with Crippen LogP contribution in [-0.2, 0) is 15.8 Å². The number of anilines is 2. The molecule has 32 heavy (non-hydrogen) atoms. The normalized spacial score (nSPS) is 12.1. The highest BCUT2D eigenvalue weighted by molar-refractivity contribution is 7.88. The molecule has 11 heteroatoms. The van der Waals surface area contributed by atoms with Gasteiger partial charge in [-0.25, -0.2) is 13.6 Å². The Morgan fingerprint density at radius 2 is 1.88 bits per heavy atom. The summed E-state index contributed by atoms with van der Waals surface area (Å²) >= 11 is 0. The summed E-state index contributed by atoms with van der Waals surface area (Å²) in [5.41, 5.74) is 1.71. The highest BCUT2D eigenvalue weighted by atomic mass is 32.2. The summed E-state index contributed by atoms with van der Waals surface area (Å²) in [6.07, 6.45) is 1.64. The highest BCUT2D eigenvalue weighted by Gasteiger charge is 2.20. The fourth-order valence-corrected chi connectivity index (χ4v) is 3.66. The number of benzene rings is 2. The number of rotatable bonds is 8. The zero-order chi connectivity index (χ0) is 23.3. The summed E-state index contributed by atoms with van der Waals surface area (Å²) in [5, 5.41) is 22.3. The number of carbonyl (C=O) groups is 1. The summed E-state index contributed by atoms with van der Waals surface area (Å²) in [5.74, 6) is -0.865. The van der Waals surface area contributed by atoms with Crippen LogP contribution >= 0.6 is 0 Å². The first-order valence-corrected chi connectivity index (χ1v) is 11.2. The van der Waals surface area contributed by atoms with Crippen molar-refractivity contribution in [3.63, 3.8) is 0 Å². The van der Waals surface area contributed by atoms with E-state index in [2.05, 4.69) is 15.6 Å². The van der Waals surface area contributed by atoms with E-state index < -0.39 is 20.9 Å². The van der Waals surface area contributed by atoms with Crippen LogP contribution < -0.4 is 15.8 Å². The molecule has 0 fully saturated rings. The van der Waals surface area contributed by atoms with Gasteiger partial charge in [0.15, 0.2) is 0 Å². The van der Waals surface area contributed by atoms with Gasteiger partial charge in [-0.1, -0.05) is 18.2 Å². The number of nitrogens with two attached hydrogens (primary N) is 1. The van der Waals surface area contributed by atoms with Crippen molar-refractivity contribution >= 4 is 33.0 Å². The molecule has 0 bridgehead atoms. The summed E-state index contributed by atoms with van der Waals surface area (Å²) in [7, 11) is -3.66. The lowest BCUT2D eigenvalue weighted by Crippen LogP contribution is -2.15. The molecule has 0 saturated heterocycles. The highest BCUT2D eigenvalue weighted by Crippen LogP contribution is 2.29. The molecule has 0 saturated carbocycles. The zero-order valence-electron chi connectivity index (χ0n) is 17.1. The first kappa shape index (κ1) is 22.8. The Morgan fingerprint density at radius 1 is 1.16 bits per heavy atom. The van der Waals surface area contributed by atoms with E-state index in [-0.39, 0.29) is 28.7 Å². The molecule has 0 spiro atoms. The van der Waals surface area contributed by atoms with E-state index in [1.54, 1.807) is 18.3 Å². The van der Waals surface area contributed by atoms with Crippen LogP contribution in [0.1, 0.15) is 34.6 Å². The standard InChI is InChI=1S/C21H21N5O5S/c1-14(18-4-2-3-11-23-18)24-19-10-7-16(12-20(19)26(28)29)21(27)25-17-8-5-15(6-9-17)13-32(22,30)31/h2-12,14,24H,13H2,1H3,(H,25,27)(H2,22,30,31). The molecule has 1 heterocycles. The number of hydrogen-bond donors (Lipinski definition) is 3. The van der Waals surface area contributed by atoms with Crippen LogP contribution in [0.3, 0.4) is 0 Å². The molecule has 0 aliphatic heterocycles. The molecule has 1 aromatic heterocycles. The minimum Gasteiger partial charge on any atom is -0.371 e. The zero-order valence-corrected chi connectivity index (χ0v) is 17.9. The van der Waals surface area contributed by atoms with Crippen molar-refractivity contribution in [1.29, 1.82) is 0 Å². The van der Waals surface area contributed by atoms with E-state index >= 15 is 0 Å². The van der Waals surface area contributed by atoms with Gasteiger partial charge in [0, 0.05) is 23.5 Å². The van der Waals surface area contributed by atoms with Gasteiger partial charge in [0.1, 0.15) is 5.69 Å². The SMILES string of the molecule is CC(Nc1ccc(C(=O)Nc2ccc(CS(N)(=O)=O)cc2)cc1[N+](=O)[O-])c1ccccn1. The maximum Gasteiger partial charge on any atom is 0.293 e. The van der Waals surface area contributed by atoms with Crippen molar-refractivity contribution in [1.82, 2.24) is 4.98 Å². The summed E-state index contributed by atoms with van der Waals surface area (Å²) in [6.45, 7) is 1.83. The van der Waals surface area contributed by atoms with Gasteiger partial charge in [0.05, 0.1) is 22.4 Å². The van der Waals surface area contributed by atoms with Crippen molar-refractivity contribution < 1.29 is 18.1 Å². The Bertz CT molecular complexity index is 1230. The van der Waals surface area contributed by atoms with Gasteiger partial charge in [-0.2, -0.15) is 0 Å². The quantitative estimate of drug-likeness (QED) is 0.347. The van der Waals surface area contributed by atoms with Crippen LogP contribution in [0, 0.1) is 10.1 Å². The molecule has 0 radical (unpaired) electrons. The average molecular weight is 455 g/mol. The molecule has 0 aliphatic carbocycles. The average Bonchev–Trinajstić information content (AvgIpc) is 2.74. The van der Waals surface area contributed by atoms with E-state index in [4.69, 9.17) is 5.14 Å². The predicted molar refractivity (Wildman–Crippen MR) is 121 cm³/mol. The molecule has 1 unspecified atom stereocenters. The monoisotopic (exact) mass is 455 g/mol. The number of nitro groups is 1.